The predicted octanol–water partition coefficient (Wildman–Crippen LogP) is 1.75. The SMILES string of the molecule is C=CC(=O)OC.CC1CO1.O=C1OC(=O)c2ccccc21. The lowest BCUT2D eigenvalue weighted by Gasteiger charge is -1.86. The van der Waals surface area contributed by atoms with E-state index in [0.717, 1.165) is 12.7 Å². The van der Waals surface area contributed by atoms with E-state index in [4.69, 9.17) is 4.74 Å². The first-order valence-corrected chi connectivity index (χ1v) is 6.17. The third kappa shape index (κ3) is 5.58. The number of carbonyl (C=O) groups excluding carboxylic acids is 3. The van der Waals surface area contributed by atoms with Crippen LogP contribution in [0.4, 0.5) is 0 Å². The van der Waals surface area contributed by atoms with E-state index in [2.05, 4.69) is 23.0 Å². The maximum atomic E-state index is 10.8. The number of ether oxygens (including phenoxy) is 3. The fourth-order valence-electron chi connectivity index (χ4n) is 1.21. The van der Waals surface area contributed by atoms with Crippen LogP contribution in [-0.4, -0.2) is 37.7 Å². The molecule has 0 saturated carbocycles. The minimum absolute atomic E-state index is 0.359. The highest BCUT2D eigenvalue weighted by Crippen LogP contribution is 2.18. The van der Waals surface area contributed by atoms with E-state index in [1.807, 2.05) is 0 Å². The number of epoxide rings is 1. The zero-order valence-electron chi connectivity index (χ0n) is 11.8. The lowest BCUT2D eigenvalue weighted by atomic mass is 10.1. The number of methoxy groups -OCH3 is 1. The molecule has 0 aliphatic carbocycles. The summed E-state index contributed by atoms with van der Waals surface area (Å²) in [6.45, 7) is 6.20. The van der Waals surface area contributed by atoms with Crippen molar-refractivity contribution < 1.29 is 28.6 Å². The van der Waals surface area contributed by atoms with E-state index in [-0.39, 0.29) is 0 Å². The van der Waals surface area contributed by atoms with Gasteiger partial charge in [0.25, 0.3) is 0 Å². The van der Waals surface area contributed by atoms with Crippen molar-refractivity contribution in [2.45, 2.75) is 13.0 Å². The van der Waals surface area contributed by atoms with Gasteiger partial charge in [0, 0.05) is 6.08 Å². The maximum Gasteiger partial charge on any atom is 0.346 e. The van der Waals surface area contributed by atoms with Gasteiger partial charge in [-0.15, -0.1) is 0 Å². The molecule has 0 N–H and O–H groups in total. The monoisotopic (exact) mass is 292 g/mol. The zero-order valence-corrected chi connectivity index (χ0v) is 11.8. The van der Waals surface area contributed by atoms with Gasteiger partial charge in [0.1, 0.15) is 0 Å². The predicted molar refractivity (Wildman–Crippen MR) is 73.8 cm³/mol. The Balaban J connectivity index is 0.000000186. The zero-order chi connectivity index (χ0) is 15.8. The summed E-state index contributed by atoms with van der Waals surface area (Å²) in [5.74, 6) is -1.49. The normalized spacial score (nSPS) is 17.1. The molecule has 3 rings (SSSR count). The third-order valence-corrected chi connectivity index (χ3v) is 2.42. The van der Waals surface area contributed by atoms with Gasteiger partial charge in [0.05, 0.1) is 30.9 Å². The van der Waals surface area contributed by atoms with E-state index in [9.17, 15) is 14.4 Å². The van der Waals surface area contributed by atoms with Crippen LogP contribution in [0.2, 0.25) is 0 Å². The van der Waals surface area contributed by atoms with Gasteiger partial charge in [0.15, 0.2) is 0 Å². The van der Waals surface area contributed by atoms with Gasteiger partial charge in [-0.2, -0.15) is 0 Å². The number of hydrogen-bond donors (Lipinski definition) is 0. The summed E-state index contributed by atoms with van der Waals surface area (Å²) in [5.41, 5.74) is 0.718. The van der Waals surface area contributed by atoms with Gasteiger partial charge < -0.3 is 14.2 Å². The summed E-state index contributed by atoms with van der Waals surface area (Å²) in [5, 5.41) is 0. The molecule has 0 bridgehead atoms. The molecule has 1 aromatic carbocycles. The quantitative estimate of drug-likeness (QED) is 0.339. The van der Waals surface area contributed by atoms with Crippen LogP contribution in [0.3, 0.4) is 0 Å². The molecule has 6 nitrogen and oxygen atoms in total. The summed E-state index contributed by atoms with van der Waals surface area (Å²) in [6.07, 6.45) is 1.69. The molecule has 6 heteroatoms. The average molecular weight is 292 g/mol. The Hall–Kier alpha value is -2.47. The molecule has 1 atom stereocenters. The van der Waals surface area contributed by atoms with Gasteiger partial charge >= 0.3 is 17.9 Å². The van der Waals surface area contributed by atoms with Gasteiger partial charge in [-0.1, -0.05) is 18.7 Å². The van der Waals surface area contributed by atoms with Crippen LogP contribution in [0.1, 0.15) is 27.6 Å². The van der Waals surface area contributed by atoms with Crippen molar-refractivity contribution in [3.8, 4) is 0 Å². The smallest absolute Gasteiger partial charge is 0.346 e. The average Bonchev–Trinajstić information content (AvgIpc) is 3.23. The molecule has 0 spiro atoms. The summed E-state index contributed by atoms with van der Waals surface area (Å²) >= 11 is 0. The van der Waals surface area contributed by atoms with Crippen LogP contribution in [0.25, 0.3) is 0 Å². The molecule has 1 unspecified atom stereocenters. The first kappa shape index (κ1) is 16.6. The van der Waals surface area contributed by atoms with Crippen LogP contribution >= 0.6 is 0 Å². The molecular formula is C15H16O6. The van der Waals surface area contributed by atoms with Crippen molar-refractivity contribution >= 4 is 17.9 Å². The van der Waals surface area contributed by atoms with Gasteiger partial charge in [-0.3, -0.25) is 0 Å². The summed E-state index contributed by atoms with van der Waals surface area (Å²) in [7, 11) is 1.31. The van der Waals surface area contributed by atoms with Crippen LogP contribution in [0.5, 0.6) is 0 Å². The molecule has 2 heterocycles. The molecule has 0 aromatic heterocycles. The molecule has 21 heavy (non-hydrogen) atoms. The number of carbonyl (C=O) groups is 3. The van der Waals surface area contributed by atoms with Crippen LogP contribution in [-0.2, 0) is 19.0 Å². The lowest BCUT2D eigenvalue weighted by Crippen LogP contribution is -1.96. The molecule has 1 saturated heterocycles. The van der Waals surface area contributed by atoms with E-state index in [1.54, 1.807) is 24.3 Å². The Labute approximate surface area is 122 Å². The Morgan fingerprint density at radius 2 is 1.71 bits per heavy atom. The summed E-state index contributed by atoms with van der Waals surface area (Å²) < 4.78 is 13.2. The number of hydrogen-bond acceptors (Lipinski definition) is 6. The maximum absolute atomic E-state index is 10.8. The molecule has 0 amide bonds. The number of fused-ring (bicyclic) bond motifs is 1. The van der Waals surface area contributed by atoms with Gasteiger partial charge in [-0.25, -0.2) is 14.4 Å². The second-order valence-corrected chi connectivity index (χ2v) is 4.09. The molecule has 0 radical (unpaired) electrons. The van der Waals surface area contributed by atoms with E-state index >= 15 is 0 Å². The second-order valence-electron chi connectivity index (χ2n) is 4.09. The van der Waals surface area contributed by atoms with Crippen molar-refractivity contribution in [2.75, 3.05) is 13.7 Å². The standard InChI is InChI=1S/C8H4O3.C4H6O2.C3H6O/c9-7-5-3-1-2-4-6(5)8(10)11-7;1-3-4(5)6-2;1-3-2-4-3/h1-4H;3H,1H2,2H3;3H,2H2,1H3. The molecule has 2 aliphatic heterocycles. The first-order chi connectivity index (χ1) is 9.99. The fourth-order valence-corrected chi connectivity index (χ4v) is 1.21. The van der Waals surface area contributed by atoms with Crippen molar-refractivity contribution in [1.29, 1.82) is 0 Å². The third-order valence-electron chi connectivity index (χ3n) is 2.42. The van der Waals surface area contributed by atoms with Crippen LogP contribution in [0.15, 0.2) is 36.9 Å². The highest BCUT2D eigenvalue weighted by molar-refractivity contribution is 6.14. The second kappa shape index (κ2) is 7.96. The topological polar surface area (TPSA) is 82.2 Å². The minimum Gasteiger partial charge on any atom is -0.466 e. The Bertz CT molecular complexity index is 512. The lowest BCUT2D eigenvalue weighted by molar-refractivity contribution is -0.134. The molecule has 1 fully saturated rings. The van der Waals surface area contributed by atoms with E-state index < -0.39 is 17.9 Å². The largest absolute Gasteiger partial charge is 0.466 e. The van der Waals surface area contributed by atoms with Crippen molar-refractivity contribution in [1.82, 2.24) is 0 Å². The van der Waals surface area contributed by atoms with Gasteiger partial charge in [0.2, 0.25) is 0 Å². The Kier molecular flexibility index (Phi) is 6.29. The van der Waals surface area contributed by atoms with Gasteiger partial charge in [-0.05, 0) is 19.1 Å². The molecule has 1 aromatic rings. The number of cyclic esters (lactones) is 2. The number of rotatable bonds is 1. The Morgan fingerprint density at radius 1 is 1.29 bits per heavy atom. The van der Waals surface area contributed by atoms with Crippen molar-refractivity contribution in [3.05, 3.63) is 48.0 Å². The fraction of sp³-hybridized carbons (Fsp3) is 0.267. The van der Waals surface area contributed by atoms with Crippen LogP contribution in [0, 0.1) is 0 Å². The van der Waals surface area contributed by atoms with Crippen LogP contribution < -0.4 is 0 Å². The van der Waals surface area contributed by atoms with Crippen molar-refractivity contribution in [3.63, 3.8) is 0 Å². The van der Waals surface area contributed by atoms with Crippen molar-refractivity contribution in [2.24, 2.45) is 0 Å². The van der Waals surface area contributed by atoms with E-state index in [1.165, 1.54) is 7.11 Å². The molecular weight excluding hydrogens is 276 g/mol. The Morgan fingerprint density at radius 3 is 1.95 bits per heavy atom. The summed E-state index contributed by atoms with van der Waals surface area (Å²) in [6, 6.07) is 6.53. The number of esters is 3. The highest BCUT2D eigenvalue weighted by atomic mass is 16.6. The summed E-state index contributed by atoms with van der Waals surface area (Å²) in [4.78, 5) is 31.5. The van der Waals surface area contributed by atoms with E-state index in [0.29, 0.717) is 17.2 Å². The molecule has 2 aliphatic rings. The minimum atomic E-state index is -0.550. The first-order valence-electron chi connectivity index (χ1n) is 6.17. The molecule has 112 valence electrons. The number of benzene rings is 1. The highest BCUT2D eigenvalue weighted by Gasteiger charge is 2.28.